The van der Waals surface area contributed by atoms with Crippen LogP contribution in [-0.2, 0) is 5.75 Å². The SMILES string of the molecule is CC(C)c1ccc(-c2noc(CSc3n[nH]c(/C=C/c4ccccc4)n3)n2)cc1. The summed E-state index contributed by atoms with van der Waals surface area (Å²) in [7, 11) is 0. The van der Waals surface area contributed by atoms with E-state index in [9.17, 15) is 0 Å². The Balaban J connectivity index is 1.35. The van der Waals surface area contributed by atoms with Gasteiger partial charge >= 0.3 is 0 Å². The highest BCUT2D eigenvalue weighted by Gasteiger charge is 2.11. The molecule has 0 spiro atoms. The van der Waals surface area contributed by atoms with Gasteiger partial charge in [0, 0.05) is 5.56 Å². The molecule has 29 heavy (non-hydrogen) atoms. The summed E-state index contributed by atoms with van der Waals surface area (Å²) in [5.74, 6) is 2.85. The van der Waals surface area contributed by atoms with Crippen molar-refractivity contribution < 1.29 is 4.52 Å². The second kappa shape index (κ2) is 8.87. The van der Waals surface area contributed by atoms with Gasteiger partial charge in [-0.1, -0.05) is 91.4 Å². The molecule has 1 N–H and O–H groups in total. The zero-order valence-corrected chi connectivity index (χ0v) is 17.1. The minimum absolute atomic E-state index is 0.495. The van der Waals surface area contributed by atoms with Crippen LogP contribution in [0.3, 0.4) is 0 Å². The summed E-state index contributed by atoms with van der Waals surface area (Å²) in [5, 5.41) is 11.9. The molecule has 146 valence electrons. The molecule has 0 aliphatic rings. The molecule has 6 nitrogen and oxygen atoms in total. The maximum Gasteiger partial charge on any atom is 0.237 e. The Morgan fingerprint density at radius 2 is 1.79 bits per heavy atom. The van der Waals surface area contributed by atoms with Crippen LogP contribution in [0.4, 0.5) is 0 Å². The van der Waals surface area contributed by atoms with E-state index in [2.05, 4.69) is 51.3 Å². The first-order chi connectivity index (χ1) is 14.2. The van der Waals surface area contributed by atoms with Gasteiger partial charge < -0.3 is 4.52 Å². The highest BCUT2D eigenvalue weighted by Crippen LogP contribution is 2.23. The number of aromatic nitrogens is 5. The van der Waals surface area contributed by atoms with Crippen LogP contribution in [0.5, 0.6) is 0 Å². The van der Waals surface area contributed by atoms with Crippen LogP contribution < -0.4 is 0 Å². The minimum Gasteiger partial charge on any atom is -0.338 e. The molecule has 0 bridgehead atoms. The van der Waals surface area contributed by atoms with Crippen LogP contribution in [0.1, 0.15) is 42.6 Å². The standard InChI is InChI=1S/C22H21N5OS/c1-15(2)17-9-11-18(12-10-17)21-24-20(28-27-21)14-29-22-23-19(25-26-22)13-8-16-6-4-3-5-7-16/h3-13,15H,14H2,1-2H3,(H,23,25,26)/b13-8+. The fourth-order valence-electron chi connectivity index (χ4n) is 2.71. The predicted octanol–water partition coefficient (Wildman–Crippen LogP) is 5.44. The Bertz CT molecular complexity index is 1080. The number of benzene rings is 2. The summed E-state index contributed by atoms with van der Waals surface area (Å²) in [5.41, 5.74) is 3.34. The van der Waals surface area contributed by atoms with E-state index in [0.29, 0.717) is 34.4 Å². The van der Waals surface area contributed by atoms with Crippen LogP contribution >= 0.6 is 11.8 Å². The summed E-state index contributed by atoms with van der Waals surface area (Å²) in [4.78, 5) is 8.93. The van der Waals surface area contributed by atoms with Gasteiger partial charge in [-0.2, -0.15) is 4.98 Å². The molecule has 0 unspecified atom stereocenters. The normalized spacial score (nSPS) is 11.6. The van der Waals surface area contributed by atoms with Crippen molar-refractivity contribution in [2.24, 2.45) is 0 Å². The molecule has 4 rings (SSSR count). The maximum atomic E-state index is 5.37. The molecule has 0 aliphatic heterocycles. The van der Waals surface area contributed by atoms with Crippen molar-refractivity contribution in [3.05, 3.63) is 77.4 Å². The van der Waals surface area contributed by atoms with Gasteiger partial charge in [-0.3, -0.25) is 5.10 Å². The lowest BCUT2D eigenvalue weighted by Crippen LogP contribution is -1.88. The lowest BCUT2D eigenvalue weighted by molar-refractivity contribution is 0.391. The van der Waals surface area contributed by atoms with E-state index in [4.69, 9.17) is 4.52 Å². The van der Waals surface area contributed by atoms with Gasteiger partial charge in [0.05, 0.1) is 5.75 Å². The Morgan fingerprint density at radius 3 is 2.55 bits per heavy atom. The highest BCUT2D eigenvalue weighted by atomic mass is 32.2. The fraction of sp³-hybridized carbons (Fsp3) is 0.182. The van der Waals surface area contributed by atoms with E-state index in [1.54, 1.807) is 0 Å². The average Bonchev–Trinajstić information content (AvgIpc) is 3.41. The van der Waals surface area contributed by atoms with Gasteiger partial charge in [-0.05, 0) is 23.1 Å². The Kier molecular flexibility index (Phi) is 5.86. The molecule has 0 amide bonds. The van der Waals surface area contributed by atoms with Crippen molar-refractivity contribution in [2.45, 2.75) is 30.7 Å². The molecule has 4 aromatic rings. The third kappa shape index (κ3) is 5.00. The predicted molar refractivity (Wildman–Crippen MR) is 115 cm³/mol. The van der Waals surface area contributed by atoms with E-state index >= 15 is 0 Å². The zero-order valence-electron chi connectivity index (χ0n) is 16.2. The molecular formula is C22H21N5OS. The van der Waals surface area contributed by atoms with Gasteiger partial charge in [0.15, 0.2) is 0 Å². The van der Waals surface area contributed by atoms with Crippen LogP contribution in [-0.4, -0.2) is 25.3 Å². The molecule has 0 aliphatic carbocycles. The van der Waals surface area contributed by atoms with Crippen LogP contribution in [0, 0.1) is 0 Å². The van der Waals surface area contributed by atoms with Gasteiger partial charge in [-0.15, -0.1) is 5.10 Å². The molecule has 0 atom stereocenters. The quantitative estimate of drug-likeness (QED) is 0.414. The molecule has 7 heteroatoms. The summed E-state index contributed by atoms with van der Waals surface area (Å²) in [6.45, 7) is 4.34. The molecule has 0 saturated heterocycles. The van der Waals surface area contributed by atoms with Crippen molar-refractivity contribution in [3.63, 3.8) is 0 Å². The Hall–Kier alpha value is -3.19. The molecule has 0 saturated carbocycles. The lowest BCUT2D eigenvalue weighted by Gasteiger charge is -2.04. The minimum atomic E-state index is 0.495. The van der Waals surface area contributed by atoms with Gasteiger partial charge in [-0.25, -0.2) is 4.98 Å². The first-order valence-electron chi connectivity index (χ1n) is 9.38. The maximum absolute atomic E-state index is 5.37. The van der Waals surface area contributed by atoms with Gasteiger partial charge in [0.25, 0.3) is 0 Å². The monoisotopic (exact) mass is 403 g/mol. The molecule has 2 heterocycles. The number of hydrogen-bond acceptors (Lipinski definition) is 6. The van der Waals surface area contributed by atoms with Crippen molar-refractivity contribution in [1.29, 1.82) is 0 Å². The molecule has 2 aromatic carbocycles. The topological polar surface area (TPSA) is 80.5 Å². The second-order valence-corrected chi connectivity index (χ2v) is 7.77. The summed E-state index contributed by atoms with van der Waals surface area (Å²) in [6, 6.07) is 18.3. The van der Waals surface area contributed by atoms with Crippen molar-refractivity contribution >= 4 is 23.9 Å². The zero-order chi connectivity index (χ0) is 20.1. The van der Waals surface area contributed by atoms with Crippen LogP contribution in [0.2, 0.25) is 0 Å². The van der Waals surface area contributed by atoms with Crippen molar-refractivity contribution in [3.8, 4) is 11.4 Å². The smallest absolute Gasteiger partial charge is 0.237 e. The Labute approximate surface area is 173 Å². The van der Waals surface area contributed by atoms with Gasteiger partial charge in [0.1, 0.15) is 5.82 Å². The van der Waals surface area contributed by atoms with Crippen LogP contribution in [0.15, 0.2) is 64.3 Å². The van der Waals surface area contributed by atoms with Crippen LogP contribution in [0.25, 0.3) is 23.5 Å². The lowest BCUT2D eigenvalue weighted by atomic mass is 10.0. The molecule has 0 fully saturated rings. The third-order valence-corrected chi connectivity index (χ3v) is 5.18. The largest absolute Gasteiger partial charge is 0.338 e. The molecule has 2 aromatic heterocycles. The van der Waals surface area contributed by atoms with E-state index in [0.717, 1.165) is 11.1 Å². The number of nitrogens with one attached hydrogen (secondary N) is 1. The number of nitrogens with zero attached hydrogens (tertiary/aromatic N) is 4. The Morgan fingerprint density at radius 1 is 1.00 bits per heavy atom. The first kappa shape index (κ1) is 19.1. The molecular weight excluding hydrogens is 382 g/mol. The second-order valence-electron chi connectivity index (χ2n) is 6.82. The fourth-order valence-corrected chi connectivity index (χ4v) is 3.35. The first-order valence-corrected chi connectivity index (χ1v) is 10.4. The summed E-state index contributed by atoms with van der Waals surface area (Å²) >= 11 is 1.45. The van der Waals surface area contributed by atoms with Crippen molar-refractivity contribution in [1.82, 2.24) is 25.3 Å². The summed E-state index contributed by atoms with van der Waals surface area (Å²) in [6.07, 6.45) is 3.89. The molecule has 0 radical (unpaired) electrons. The van der Waals surface area contributed by atoms with E-state index in [1.807, 2.05) is 54.6 Å². The number of aromatic amines is 1. The number of thioether (sulfide) groups is 1. The van der Waals surface area contributed by atoms with Gasteiger partial charge in [0.2, 0.25) is 16.9 Å². The van der Waals surface area contributed by atoms with E-state index in [-0.39, 0.29) is 0 Å². The van der Waals surface area contributed by atoms with E-state index < -0.39 is 0 Å². The summed E-state index contributed by atoms with van der Waals surface area (Å²) < 4.78 is 5.37. The highest BCUT2D eigenvalue weighted by molar-refractivity contribution is 7.98. The number of hydrogen-bond donors (Lipinski definition) is 1. The average molecular weight is 404 g/mol. The van der Waals surface area contributed by atoms with E-state index in [1.165, 1.54) is 17.3 Å². The number of rotatable bonds is 7. The van der Waals surface area contributed by atoms with Crippen molar-refractivity contribution in [2.75, 3.05) is 0 Å². The number of H-pyrrole nitrogens is 1. The third-order valence-electron chi connectivity index (χ3n) is 4.34.